The van der Waals surface area contributed by atoms with Gasteiger partial charge in [-0.2, -0.15) is 11.8 Å². The van der Waals surface area contributed by atoms with E-state index in [0.29, 0.717) is 23.3 Å². The van der Waals surface area contributed by atoms with Gasteiger partial charge in [-0.05, 0) is 58.6 Å². The topological polar surface area (TPSA) is 41.6 Å². The second-order valence-electron chi connectivity index (χ2n) is 8.39. The number of carbonyl (C=O) groups excluding carboxylic acids is 1. The monoisotopic (exact) mass is 356 g/mol. The van der Waals surface area contributed by atoms with Crippen molar-refractivity contribution in [1.82, 2.24) is 10.2 Å². The molecule has 2 fully saturated rings. The van der Waals surface area contributed by atoms with Crippen molar-refractivity contribution in [2.75, 3.05) is 19.3 Å². The van der Waals surface area contributed by atoms with Crippen LogP contribution in [0.2, 0.25) is 0 Å². The van der Waals surface area contributed by atoms with Gasteiger partial charge in [0.25, 0.3) is 0 Å². The molecule has 1 aliphatic carbocycles. The molecule has 24 heavy (non-hydrogen) atoms. The molecule has 0 radical (unpaired) electrons. The highest BCUT2D eigenvalue weighted by Gasteiger charge is 2.40. The molecule has 4 atom stereocenters. The van der Waals surface area contributed by atoms with E-state index in [0.717, 1.165) is 25.9 Å². The maximum absolute atomic E-state index is 12.6. The van der Waals surface area contributed by atoms with Gasteiger partial charge in [-0.25, -0.2) is 4.79 Å². The lowest BCUT2D eigenvalue weighted by Crippen LogP contribution is -2.51. The lowest BCUT2D eigenvalue weighted by molar-refractivity contribution is 0.0133. The Bertz CT molecular complexity index is 411. The summed E-state index contributed by atoms with van der Waals surface area (Å²) in [6.07, 6.45) is 9.35. The molecule has 1 saturated heterocycles. The van der Waals surface area contributed by atoms with Crippen LogP contribution in [0.4, 0.5) is 4.79 Å². The molecule has 0 aromatic rings. The van der Waals surface area contributed by atoms with E-state index < -0.39 is 5.60 Å². The summed E-state index contributed by atoms with van der Waals surface area (Å²) in [6.45, 7) is 10.0. The maximum Gasteiger partial charge on any atom is 0.410 e. The van der Waals surface area contributed by atoms with Crippen molar-refractivity contribution in [2.45, 2.75) is 89.2 Å². The Morgan fingerprint density at radius 1 is 1.25 bits per heavy atom. The van der Waals surface area contributed by atoms with Gasteiger partial charge in [-0.1, -0.05) is 19.8 Å². The molecular formula is C19H36N2O2S. The fourth-order valence-electron chi connectivity index (χ4n) is 4.06. The number of hydrogen-bond acceptors (Lipinski definition) is 4. The van der Waals surface area contributed by atoms with Crippen LogP contribution in [-0.2, 0) is 4.74 Å². The van der Waals surface area contributed by atoms with E-state index >= 15 is 0 Å². The van der Waals surface area contributed by atoms with Gasteiger partial charge in [-0.3, -0.25) is 0 Å². The van der Waals surface area contributed by atoms with Gasteiger partial charge in [-0.15, -0.1) is 0 Å². The van der Waals surface area contributed by atoms with E-state index in [9.17, 15) is 4.79 Å². The van der Waals surface area contributed by atoms with Crippen molar-refractivity contribution in [2.24, 2.45) is 5.92 Å². The lowest BCUT2D eigenvalue weighted by Gasteiger charge is -2.40. The summed E-state index contributed by atoms with van der Waals surface area (Å²) in [5.74, 6) is 0.572. The third-order valence-electron chi connectivity index (χ3n) is 5.31. The molecule has 2 aliphatic rings. The number of hydrogen-bond donors (Lipinski definition) is 1. The minimum atomic E-state index is -0.414. The molecule has 0 aromatic carbocycles. The number of ether oxygens (including phenoxy) is 1. The van der Waals surface area contributed by atoms with Crippen molar-refractivity contribution < 1.29 is 9.53 Å². The largest absolute Gasteiger partial charge is 0.444 e. The summed E-state index contributed by atoms with van der Waals surface area (Å²) in [5, 5.41) is 4.44. The number of rotatable bonds is 5. The van der Waals surface area contributed by atoms with Gasteiger partial charge >= 0.3 is 6.09 Å². The summed E-state index contributed by atoms with van der Waals surface area (Å²) < 4.78 is 5.66. The smallest absolute Gasteiger partial charge is 0.410 e. The summed E-state index contributed by atoms with van der Waals surface area (Å²) >= 11 is 1.91. The first-order valence-corrected chi connectivity index (χ1v) is 10.9. The fraction of sp³-hybridized carbons (Fsp3) is 0.947. The summed E-state index contributed by atoms with van der Waals surface area (Å²) in [5.41, 5.74) is -0.414. The van der Waals surface area contributed by atoms with E-state index in [4.69, 9.17) is 4.74 Å². The Kier molecular flexibility index (Phi) is 7.29. The molecule has 1 N–H and O–H groups in total. The van der Waals surface area contributed by atoms with Crippen LogP contribution in [0, 0.1) is 5.92 Å². The molecule has 1 heterocycles. The molecule has 1 amide bonds. The predicted octanol–water partition coefficient (Wildman–Crippen LogP) is 4.29. The molecule has 5 heteroatoms. The van der Waals surface area contributed by atoms with E-state index in [1.165, 1.54) is 25.7 Å². The predicted molar refractivity (Wildman–Crippen MR) is 103 cm³/mol. The van der Waals surface area contributed by atoms with Crippen LogP contribution in [0.5, 0.6) is 0 Å². The van der Waals surface area contributed by atoms with Crippen LogP contribution in [0.1, 0.15) is 66.2 Å². The molecule has 2 rings (SSSR count). The molecular weight excluding hydrogens is 320 g/mol. The highest BCUT2D eigenvalue weighted by molar-refractivity contribution is 7.99. The molecule has 1 saturated carbocycles. The lowest BCUT2D eigenvalue weighted by atomic mass is 9.79. The Morgan fingerprint density at radius 2 is 1.96 bits per heavy atom. The van der Waals surface area contributed by atoms with Crippen molar-refractivity contribution >= 4 is 17.9 Å². The molecule has 4 nitrogen and oxygen atoms in total. The molecule has 1 aliphatic heterocycles. The van der Waals surface area contributed by atoms with E-state index in [2.05, 4.69) is 18.5 Å². The van der Waals surface area contributed by atoms with Crippen molar-refractivity contribution in [1.29, 1.82) is 0 Å². The summed E-state index contributed by atoms with van der Waals surface area (Å²) in [6, 6.07) is 0.892. The maximum atomic E-state index is 12.6. The van der Waals surface area contributed by atoms with Crippen molar-refractivity contribution in [3.8, 4) is 0 Å². The first-order valence-electron chi connectivity index (χ1n) is 9.57. The van der Waals surface area contributed by atoms with Gasteiger partial charge in [0, 0.05) is 30.4 Å². The third kappa shape index (κ3) is 5.55. The second kappa shape index (κ2) is 8.79. The van der Waals surface area contributed by atoms with Crippen LogP contribution >= 0.6 is 11.8 Å². The molecule has 140 valence electrons. The molecule has 0 bridgehead atoms. The van der Waals surface area contributed by atoms with E-state index in [1.807, 2.05) is 37.4 Å². The Balaban J connectivity index is 2.01. The van der Waals surface area contributed by atoms with Crippen molar-refractivity contribution in [3.63, 3.8) is 0 Å². The van der Waals surface area contributed by atoms with Crippen LogP contribution in [0.25, 0.3) is 0 Å². The average Bonchev–Trinajstić information content (AvgIpc) is 3.00. The second-order valence-corrected chi connectivity index (χ2v) is 9.67. The fourth-order valence-corrected chi connectivity index (χ4v) is 4.32. The molecule has 0 aromatic heterocycles. The molecule has 0 spiro atoms. The van der Waals surface area contributed by atoms with Gasteiger partial charge in [0.05, 0.1) is 0 Å². The van der Waals surface area contributed by atoms with Gasteiger partial charge in [0.2, 0.25) is 0 Å². The van der Waals surface area contributed by atoms with Gasteiger partial charge in [0.15, 0.2) is 0 Å². The van der Waals surface area contributed by atoms with Crippen LogP contribution in [0.3, 0.4) is 0 Å². The number of nitrogens with zero attached hydrogens (tertiary/aromatic N) is 1. The highest BCUT2D eigenvalue weighted by Crippen LogP contribution is 2.35. The van der Waals surface area contributed by atoms with Gasteiger partial charge < -0.3 is 15.0 Å². The van der Waals surface area contributed by atoms with Crippen LogP contribution in [-0.4, -0.2) is 53.3 Å². The Morgan fingerprint density at radius 3 is 2.62 bits per heavy atom. The number of carbonyl (C=O) groups is 1. The zero-order valence-corrected chi connectivity index (χ0v) is 17.0. The van der Waals surface area contributed by atoms with Crippen molar-refractivity contribution in [3.05, 3.63) is 0 Å². The van der Waals surface area contributed by atoms with E-state index in [-0.39, 0.29) is 6.09 Å². The zero-order valence-electron chi connectivity index (χ0n) is 16.1. The zero-order chi connectivity index (χ0) is 17.7. The number of amides is 1. The quantitative estimate of drug-likeness (QED) is 0.798. The number of nitrogens with one attached hydrogen (secondary N) is 1. The first kappa shape index (κ1) is 19.9. The highest BCUT2D eigenvalue weighted by atomic mass is 32.2. The summed E-state index contributed by atoms with van der Waals surface area (Å²) in [4.78, 5) is 14.6. The molecule has 4 unspecified atom stereocenters. The summed E-state index contributed by atoms with van der Waals surface area (Å²) in [7, 11) is 0. The number of likely N-dealkylation sites (tertiary alicyclic amines) is 1. The minimum Gasteiger partial charge on any atom is -0.444 e. The number of thioether (sulfide) groups is 1. The van der Waals surface area contributed by atoms with Crippen LogP contribution < -0.4 is 5.32 Å². The first-order chi connectivity index (χ1) is 11.3. The Labute approximate surface area is 152 Å². The standard InChI is InChI=1S/C19H36N2O2S/c1-14(24-5)13-20-16-10-7-6-9-15(16)17-11-8-12-21(17)18(22)23-19(2,3)4/h14-17,20H,6-13H2,1-5H3. The normalized spacial score (nSPS) is 29.5. The minimum absolute atomic E-state index is 0.119. The average molecular weight is 357 g/mol. The third-order valence-corrected chi connectivity index (χ3v) is 6.28. The van der Waals surface area contributed by atoms with Gasteiger partial charge in [0.1, 0.15) is 5.60 Å². The SMILES string of the molecule is CSC(C)CNC1CCCCC1C1CCCN1C(=O)OC(C)(C)C. The van der Waals surface area contributed by atoms with Crippen LogP contribution in [0.15, 0.2) is 0 Å². The Hall–Kier alpha value is -0.420. The van der Waals surface area contributed by atoms with E-state index in [1.54, 1.807) is 0 Å².